The van der Waals surface area contributed by atoms with Crippen LogP contribution in [-0.2, 0) is 4.79 Å². The second kappa shape index (κ2) is 7.79. The van der Waals surface area contributed by atoms with Crippen molar-refractivity contribution in [3.05, 3.63) is 12.1 Å². The van der Waals surface area contributed by atoms with Crippen LogP contribution in [0.2, 0.25) is 0 Å². The zero-order valence-corrected chi connectivity index (χ0v) is 11.7. The standard InChI is InChI=1S/C14H17NO5/c1-5-6-15-13(16)9-20-10-7-11(17-2)14(19-4)12(8-10)18-3/h1,7-8H,6,9H2,2-4H3,(H,15,16). The summed E-state index contributed by atoms with van der Waals surface area (Å²) < 4.78 is 20.9. The van der Waals surface area contributed by atoms with Crippen LogP contribution in [0.15, 0.2) is 12.1 Å². The molecule has 1 amide bonds. The van der Waals surface area contributed by atoms with Gasteiger partial charge in [0.15, 0.2) is 18.1 Å². The Labute approximate surface area is 118 Å². The van der Waals surface area contributed by atoms with E-state index < -0.39 is 0 Å². The molecule has 0 heterocycles. The second-order valence-corrected chi connectivity index (χ2v) is 3.63. The maximum atomic E-state index is 11.4. The van der Waals surface area contributed by atoms with E-state index in [1.807, 2.05) is 0 Å². The van der Waals surface area contributed by atoms with Gasteiger partial charge in [0.1, 0.15) is 5.75 Å². The third-order valence-corrected chi connectivity index (χ3v) is 2.40. The third-order valence-electron chi connectivity index (χ3n) is 2.40. The summed E-state index contributed by atoms with van der Waals surface area (Å²) in [7, 11) is 4.51. The van der Waals surface area contributed by atoms with E-state index in [2.05, 4.69) is 11.2 Å². The number of hydrogen-bond donors (Lipinski definition) is 1. The van der Waals surface area contributed by atoms with Gasteiger partial charge in [-0.25, -0.2) is 0 Å². The van der Waals surface area contributed by atoms with Crippen LogP contribution in [0.1, 0.15) is 0 Å². The first kappa shape index (κ1) is 15.5. The number of hydrogen-bond acceptors (Lipinski definition) is 5. The molecule has 0 bridgehead atoms. The summed E-state index contributed by atoms with van der Waals surface area (Å²) in [6, 6.07) is 3.21. The maximum Gasteiger partial charge on any atom is 0.258 e. The van der Waals surface area contributed by atoms with E-state index in [-0.39, 0.29) is 19.1 Å². The number of ether oxygens (including phenoxy) is 4. The van der Waals surface area contributed by atoms with Crippen LogP contribution in [0, 0.1) is 12.3 Å². The number of amides is 1. The van der Waals surface area contributed by atoms with Gasteiger partial charge in [0.2, 0.25) is 5.75 Å². The molecule has 1 rings (SSSR count). The van der Waals surface area contributed by atoms with E-state index in [9.17, 15) is 4.79 Å². The summed E-state index contributed by atoms with van der Waals surface area (Å²) in [6.45, 7) is 0.0117. The lowest BCUT2D eigenvalue weighted by Crippen LogP contribution is -2.29. The van der Waals surface area contributed by atoms with E-state index in [0.29, 0.717) is 23.0 Å². The molecule has 0 atom stereocenters. The van der Waals surface area contributed by atoms with Gasteiger partial charge in [-0.1, -0.05) is 5.92 Å². The van der Waals surface area contributed by atoms with Gasteiger partial charge in [-0.15, -0.1) is 6.42 Å². The highest BCUT2D eigenvalue weighted by atomic mass is 16.5. The first-order valence-corrected chi connectivity index (χ1v) is 5.79. The number of terminal acetylenes is 1. The van der Waals surface area contributed by atoms with Gasteiger partial charge < -0.3 is 24.3 Å². The third kappa shape index (κ3) is 3.99. The molecule has 6 heteroatoms. The summed E-state index contributed by atoms with van der Waals surface area (Å²) in [4.78, 5) is 11.4. The van der Waals surface area contributed by atoms with Gasteiger partial charge in [0, 0.05) is 12.1 Å². The lowest BCUT2D eigenvalue weighted by atomic mass is 10.2. The largest absolute Gasteiger partial charge is 0.493 e. The fourth-order valence-corrected chi connectivity index (χ4v) is 1.49. The number of nitrogens with one attached hydrogen (secondary N) is 1. The van der Waals surface area contributed by atoms with Gasteiger partial charge in [0.25, 0.3) is 5.91 Å². The zero-order valence-electron chi connectivity index (χ0n) is 11.7. The van der Waals surface area contributed by atoms with E-state index >= 15 is 0 Å². The molecule has 0 aliphatic heterocycles. The summed E-state index contributed by atoms with van der Waals surface area (Å²) in [5.41, 5.74) is 0. The molecule has 0 saturated carbocycles. The lowest BCUT2D eigenvalue weighted by Gasteiger charge is -2.14. The fraction of sp³-hybridized carbons (Fsp3) is 0.357. The molecule has 0 fully saturated rings. The number of carbonyl (C=O) groups excluding carboxylic acids is 1. The molecule has 0 unspecified atom stereocenters. The highest BCUT2D eigenvalue weighted by molar-refractivity contribution is 5.77. The molecule has 0 radical (unpaired) electrons. The predicted molar refractivity (Wildman–Crippen MR) is 73.4 cm³/mol. The molecule has 1 aromatic carbocycles. The smallest absolute Gasteiger partial charge is 0.258 e. The maximum absolute atomic E-state index is 11.4. The minimum absolute atomic E-state index is 0.152. The Morgan fingerprint density at radius 2 is 1.80 bits per heavy atom. The SMILES string of the molecule is C#CCNC(=O)COc1cc(OC)c(OC)c(OC)c1. The summed E-state index contributed by atoms with van der Waals surface area (Å²) in [5.74, 6) is 3.78. The average Bonchev–Trinajstić information content (AvgIpc) is 2.49. The number of carbonyl (C=O) groups is 1. The molecule has 20 heavy (non-hydrogen) atoms. The van der Waals surface area contributed by atoms with E-state index in [0.717, 1.165) is 0 Å². The molecule has 1 aromatic rings. The first-order valence-electron chi connectivity index (χ1n) is 5.79. The normalized spacial score (nSPS) is 9.30. The Hall–Kier alpha value is -2.55. The Kier molecular flexibility index (Phi) is 6.04. The van der Waals surface area contributed by atoms with Gasteiger partial charge in [-0.05, 0) is 0 Å². The highest BCUT2D eigenvalue weighted by Gasteiger charge is 2.14. The van der Waals surface area contributed by atoms with Crippen LogP contribution < -0.4 is 24.3 Å². The Bertz CT molecular complexity index is 482. The van der Waals surface area contributed by atoms with Crippen molar-refractivity contribution in [1.82, 2.24) is 5.32 Å². The van der Waals surface area contributed by atoms with Crippen LogP contribution in [0.3, 0.4) is 0 Å². The van der Waals surface area contributed by atoms with Crippen molar-refractivity contribution in [2.45, 2.75) is 0 Å². The van der Waals surface area contributed by atoms with Gasteiger partial charge >= 0.3 is 0 Å². The lowest BCUT2D eigenvalue weighted by molar-refractivity contribution is -0.122. The number of methoxy groups -OCH3 is 3. The van der Waals surface area contributed by atoms with Crippen molar-refractivity contribution in [3.63, 3.8) is 0 Å². The fourth-order valence-electron chi connectivity index (χ4n) is 1.49. The van der Waals surface area contributed by atoms with Gasteiger partial charge in [-0.3, -0.25) is 4.79 Å². The van der Waals surface area contributed by atoms with Gasteiger partial charge in [-0.2, -0.15) is 0 Å². The summed E-state index contributed by atoms with van der Waals surface area (Å²) in [5, 5.41) is 2.50. The quantitative estimate of drug-likeness (QED) is 0.749. The molecular formula is C14H17NO5. The van der Waals surface area contributed by atoms with Crippen LogP contribution in [0.4, 0.5) is 0 Å². The van der Waals surface area contributed by atoms with Crippen molar-refractivity contribution in [2.24, 2.45) is 0 Å². The molecule has 0 saturated heterocycles. The predicted octanol–water partition coefficient (Wildman–Crippen LogP) is 0.841. The van der Waals surface area contributed by atoms with Crippen molar-refractivity contribution >= 4 is 5.91 Å². The molecule has 0 spiro atoms. The average molecular weight is 279 g/mol. The van der Waals surface area contributed by atoms with Crippen LogP contribution in [0.5, 0.6) is 23.0 Å². The molecule has 6 nitrogen and oxygen atoms in total. The molecule has 0 aromatic heterocycles. The number of rotatable bonds is 7. The molecule has 0 aliphatic carbocycles. The topological polar surface area (TPSA) is 66.0 Å². The second-order valence-electron chi connectivity index (χ2n) is 3.63. The molecular weight excluding hydrogens is 262 g/mol. The van der Waals surface area contributed by atoms with Crippen LogP contribution >= 0.6 is 0 Å². The zero-order chi connectivity index (χ0) is 15.0. The number of benzene rings is 1. The van der Waals surface area contributed by atoms with E-state index in [1.54, 1.807) is 12.1 Å². The molecule has 1 N–H and O–H groups in total. The summed E-state index contributed by atoms with van der Waals surface area (Å²) >= 11 is 0. The van der Waals surface area contributed by atoms with Crippen LogP contribution in [0.25, 0.3) is 0 Å². The van der Waals surface area contributed by atoms with E-state index in [4.69, 9.17) is 25.4 Å². The Morgan fingerprint density at radius 3 is 2.25 bits per heavy atom. The van der Waals surface area contributed by atoms with Gasteiger partial charge in [0.05, 0.1) is 27.9 Å². The minimum atomic E-state index is -0.309. The summed E-state index contributed by atoms with van der Waals surface area (Å²) in [6.07, 6.45) is 5.04. The Balaban J connectivity index is 2.81. The monoisotopic (exact) mass is 279 g/mol. The van der Waals surface area contributed by atoms with Crippen LogP contribution in [-0.4, -0.2) is 40.4 Å². The Morgan fingerprint density at radius 1 is 1.20 bits per heavy atom. The van der Waals surface area contributed by atoms with Crippen molar-refractivity contribution in [1.29, 1.82) is 0 Å². The minimum Gasteiger partial charge on any atom is -0.493 e. The van der Waals surface area contributed by atoms with Crippen molar-refractivity contribution in [2.75, 3.05) is 34.5 Å². The molecule has 0 aliphatic rings. The molecule has 108 valence electrons. The first-order chi connectivity index (χ1) is 9.65. The van der Waals surface area contributed by atoms with Crippen molar-refractivity contribution < 1.29 is 23.7 Å². The van der Waals surface area contributed by atoms with E-state index in [1.165, 1.54) is 21.3 Å². The highest BCUT2D eigenvalue weighted by Crippen LogP contribution is 2.40. The van der Waals surface area contributed by atoms with Crippen molar-refractivity contribution in [3.8, 4) is 35.3 Å².